The minimum Gasteiger partial charge on any atom is -0.488 e. The van der Waals surface area contributed by atoms with E-state index in [2.05, 4.69) is 13.0 Å². The number of piperidine rings is 1. The topological polar surface area (TPSA) is 29.5 Å². The van der Waals surface area contributed by atoms with Gasteiger partial charge < -0.3 is 9.64 Å². The van der Waals surface area contributed by atoms with Gasteiger partial charge in [-0.15, -0.1) is 0 Å². The molecule has 2 aliphatic rings. The molecule has 1 amide bonds. The quantitative estimate of drug-likeness (QED) is 0.752. The normalized spacial score (nSPS) is 21.2. The van der Waals surface area contributed by atoms with E-state index in [0.29, 0.717) is 0 Å². The van der Waals surface area contributed by atoms with Crippen molar-refractivity contribution >= 4 is 5.91 Å². The number of likely N-dealkylation sites (tertiary alicyclic amines) is 1. The maximum atomic E-state index is 11.9. The van der Waals surface area contributed by atoms with Gasteiger partial charge in [0.15, 0.2) is 6.61 Å². The van der Waals surface area contributed by atoms with Gasteiger partial charge in [-0.1, -0.05) is 19.1 Å². The first-order chi connectivity index (χ1) is 8.25. The van der Waals surface area contributed by atoms with Gasteiger partial charge in [-0.25, -0.2) is 0 Å². The number of hydrogen-bond donors (Lipinski definition) is 0. The second-order valence-electron chi connectivity index (χ2n) is 4.95. The lowest BCUT2D eigenvalue weighted by atomic mass is 9.99. The molecule has 3 nitrogen and oxygen atoms in total. The molecule has 0 aromatic carbocycles. The first kappa shape index (κ1) is 12.2. The fourth-order valence-electron chi connectivity index (χ4n) is 2.20. The Morgan fingerprint density at radius 1 is 1.47 bits per heavy atom. The van der Waals surface area contributed by atoms with Gasteiger partial charge in [0.2, 0.25) is 0 Å². The standard InChI is InChI=1S/C14H21NO2/c1-12-7-9-15(10-8-12)14(16)11-17-13-5-3-2-4-6-13/h2-3,5,12H,4,6-11H2,1H3. The highest BCUT2D eigenvalue weighted by Gasteiger charge is 2.20. The number of amides is 1. The number of ether oxygens (including phenoxy) is 1. The molecule has 94 valence electrons. The van der Waals surface area contributed by atoms with E-state index >= 15 is 0 Å². The average Bonchev–Trinajstić information content (AvgIpc) is 2.38. The lowest BCUT2D eigenvalue weighted by molar-refractivity contribution is -0.136. The highest BCUT2D eigenvalue weighted by molar-refractivity contribution is 5.77. The van der Waals surface area contributed by atoms with Crippen molar-refractivity contribution in [2.24, 2.45) is 5.92 Å². The molecule has 0 atom stereocenters. The molecule has 2 rings (SSSR count). The lowest BCUT2D eigenvalue weighted by Gasteiger charge is -2.30. The summed E-state index contributed by atoms with van der Waals surface area (Å²) in [7, 11) is 0. The van der Waals surface area contributed by atoms with Crippen LogP contribution in [0.2, 0.25) is 0 Å². The number of carbonyl (C=O) groups is 1. The van der Waals surface area contributed by atoms with Gasteiger partial charge in [0.25, 0.3) is 5.91 Å². The predicted octanol–water partition coefficient (Wildman–Crippen LogP) is 2.50. The first-order valence-corrected chi connectivity index (χ1v) is 6.52. The molecule has 1 saturated heterocycles. The van der Waals surface area contributed by atoms with Crippen LogP contribution in [0.3, 0.4) is 0 Å². The summed E-state index contributed by atoms with van der Waals surface area (Å²) in [6, 6.07) is 0. The molecule has 17 heavy (non-hydrogen) atoms. The third-order valence-electron chi connectivity index (χ3n) is 3.49. The zero-order valence-electron chi connectivity index (χ0n) is 10.5. The van der Waals surface area contributed by atoms with Gasteiger partial charge in [-0.05, 0) is 31.3 Å². The highest BCUT2D eigenvalue weighted by atomic mass is 16.5. The van der Waals surface area contributed by atoms with Gasteiger partial charge in [-0.3, -0.25) is 4.79 Å². The number of nitrogens with zero attached hydrogens (tertiary/aromatic N) is 1. The predicted molar refractivity (Wildman–Crippen MR) is 67.4 cm³/mol. The summed E-state index contributed by atoms with van der Waals surface area (Å²) in [5.74, 6) is 1.82. The summed E-state index contributed by atoms with van der Waals surface area (Å²) < 4.78 is 5.54. The minimum absolute atomic E-state index is 0.132. The van der Waals surface area contributed by atoms with E-state index in [1.807, 2.05) is 17.1 Å². The van der Waals surface area contributed by atoms with E-state index in [1.54, 1.807) is 0 Å². The molecule has 1 heterocycles. The molecule has 1 aliphatic heterocycles. The van der Waals surface area contributed by atoms with Gasteiger partial charge >= 0.3 is 0 Å². The second-order valence-corrected chi connectivity index (χ2v) is 4.95. The van der Waals surface area contributed by atoms with E-state index in [-0.39, 0.29) is 12.5 Å². The van der Waals surface area contributed by atoms with E-state index in [4.69, 9.17) is 4.74 Å². The average molecular weight is 235 g/mol. The number of hydrogen-bond acceptors (Lipinski definition) is 2. The summed E-state index contributed by atoms with van der Waals surface area (Å²) in [5, 5.41) is 0. The summed E-state index contributed by atoms with van der Waals surface area (Å²) in [6.45, 7) is 4.23. The molecule has 0 N–H and O–H groups in total. The van der Waals surface area contributed by atoms with Crippen molar-refractivity contribution in [3.8, 4) is 0 Å². The Morgan fingerprint density at radius 3 is 2.88 bits per heavy atom. The number of allylic oxidation sites excluding steroid dienone is 4. The summed E-state index contributed by atoms with van der Waals surface area (Å²) in [4.78, 5) is 13.8. The van der Waals surface area contributed by atoms with Crippen LogP contribution in [0.5, 0.6) is 0 Å². The Hall–Kier alpha value is -1.25. The van der Waals surface area contributed by atoms with Crippen molar-refractivity contribution in [2.75, 3.05) is 19.7 Å². The number of rotatable bonds is 3. The van der Waals surface area contributed by atoms with Gasteiger partial charge in [0, 0.05) is 19.5 Å². The van der Waals surface area contributed by atoms with Crippen LogP contribution >= 0.6 is 0 Å². The van der Waals surface area contributed by atoms with Crippen molar-refractivity contribution in [1.82, 2.24) is 4.90 Å². The monoisotopic (exact) mass is 235 g/mol. The van der Waals surface area contributed by atoms with E-state index in [0.717, 1.165) is 50.4 Å². The third-order valence-corrected chi connectivity index (χ3v) is 3.49. The molecule has 0 unspecified atom stereocenters. The van der Waals surface area contributed by atoms with E-state index < -0.39 is 0 Å². The molecule has 1 aliphatic carbocycles. The van der Waals surface area contributed by atoms with Crippen LogP contribution in [0.4, 0.5) is 0 Å². The van der Waals surface area contributed by atoms with Crippen LogP contribution in [-0.4, -0.2) is 30.5 Å². The van der Waals surface area contributed by atoms with Crippen LogP contribution < -0.4 is 0 Å². The highest BCUT2D eigenvalue weighted by Crippen LogP contribution is 2.17. The van der Waals surface area contributed by atoms with Crippen molar-refractivity contribution in [3.05, 3.63) is 24.0 Å². The fraction of sp³-hybridized carbons (Fsp3) is 0.643. The van der Waals surface area contributed by atoms with E-state index in [9.17, 15) is 4.79 Å². The Morgan fingerprint density at radius 2 is 2.24 bits per heavy atom. The van der Waals surface area contributed by atoms with Crippen LogP contribution in [0.15, 0.2) is 24.0 Å². The minimum atomic E-state index is 0.132. The Kier molecular flexibility index (Phi) is 4.24. The molecule has 1 fully saturated rings. The second kappa shape index (κ2) is 5.89. The smallest absolute Gasteiger partial charge is 0.260 e. The Bertz CT molecular complexity index is 325. The Balaban J connectivity index is 1.73. The van der Waals surface area contributed by atoms with Crippen LogP contribution in [0.25, 0.3) is 0 Å². The van der Waals surface area contributed by atoms with Gasteiger partial charge in [-0.2, -0.15) is 0 Å². The third kappa shape index (κ3) is 3.62. The molecule has 0 radical (unpaired) electrons. The molecular weight excluding hydrogens is 214 g/mol. The lowest BCUT2D eigenvalue weighted by Crippen LogP contribution is -2.39. The van der Waals surface area contributed by atoms with Crippen molar-refractivity contribution < 1.29 is 9.53 Å². The first-order valence-electron chi connectivity index (χ1n) is 6.52. The van der Waals surface area contributed by atoms with Crippen molar-refractivity contribution in [2.45, 2.75) is 32.6 Å². The molecule has 0 aromatic rings. The number of carbonyl (C=O) groups excluding carboxylic acids is 1. The van der Waals surface area contributed by atoms with Crippen molar-refractivity contribution in [3.63, 3.8) is 0 Å². The van der Waals surface area contributed by atoms with Crippen LogP contribution in [0, 0.1) is 5.92 Å². The molecule has 3 heteroatoms. The summed E-state index contributed by atoms with van der Waals surface area (Å²) in [5.41, 5.74) is 0. The SMILES string of the molecule is CC1CCN(C(=O)COC2=CC=CCC2)CC1. The van der Waals surface area contributed by atoms with E-state index in [1.165, 1.54) is 0 Å². The molecule has 0 aromatic heterocycles. The maximum absolute atomic E-state index is 11.9. The zero-order chi connectivity index (χ0) is 12.1. The maximum Gasteiger partial charge on any atom is 0.260 e. The molecule has 0 bridgehead atoms. The van der Waals surface area contributed by atoms with Gasteiger partial charge in [0.1, 0.15) is 0 Å². The zero-order valence-corrected chi connectivity index (χ0v) is 10.5. The summed E-state index contributed by atoms with van der Waals surface area (Å²) >= 11 is 0. The van der Waals surface area contributed by atoms with Gasteiger partial charge in [0.05, 0.1) is 5.76 Å². The summed E-state index contributed by atoms with van der Waals surface area (Å²) in [6.07, 6.45) is 10.2. The fourth-order valence-corrected chi connectivity index (χ4v) is 2.20. The largest absolute Gasteiger partial charge is 0.488 e. The molecular formula is C14H21NO2. The molecule has 0 spiro atoms. The molecule has 0 saturated carbocycles. The Labute approximate surface area is 103 Å². The van der Waals surface area contributed by atoms with Crippen LogP contribution in [-0.2, 0) is 9.53 Å². The van der Waals surface area contributed by atoms with Crippen LogP contribution in [0.1, 0.15) is 32.6 Å². The van der Waals surface area contributed by atoms with Crippen molar-refractivity contribution in [1.29, 1.82) is 0 Å².